The van der Waals surface area contributed by atoms with Gasteiger partial charge in [-0.2, -0.15) is 12.6 Å². The molecule has 0 saturated heterocycles. The SMILES string of the molecule is O=NSCCCS. The molecule has 0 rings (SSSR count). The van der Waals surface area contributed by atoms with Crippen molar-refractivity contribution < 1.29 is 0 Å². The van der Waals surface area contributed by atoms with Gasteiger partial charge in [-0.1, -0.05) is 0 Å². The zero-order valence-electron chi connectivity index (χ0n) is 3.83. The Bertz CT molecular complexity index is 50.2. The maximum absolute atomic E-state index is 9.37. The van der Waals surface area contributed by atoms with Crippen molar-refractivity contribution in [1.29, 1.82) is 0 Å². The molecule has 0 aromatic carbocycles. The van der Waals surface area contributed by atoms with Crippen LogP contribution in [-0.2, 0) is 0 Å². The second-order valence-corrected chi connectivity index (χ2v) is 2.25. The summed E-state index contributed by atoms with van der Waals surface area (Å²) in [6.07, 6.45) is 0.958. The first kappa shape index (κ1) is 7.30. The van der Waals surface area contributed by atoms with Crippen molar-refractivity contribution in [1.82, 2.24) is 0 Å². The highest BCUT2D eigenvalue weighted by atomic mass is 32.2. The van der Waals surface area contributed by atoms with Crippen molar-refractivity contribution in [3.05, 3.63) is 4.91 Å². The van der Waals surface area contributed by atoms with E-state index >= 15 is 0 Å². The molecule has 0 atom stereocenters. The first-order valence-corrected chi connectivity index (χ1v) is 3.55. The van der Waals surface area contributed by atoms with Crippen molar-refractivity contribution in [2.24, 2.45) is 4.58 Å². The molecule has 42 valence electrons. The summed E-state index contributed by atoms with van der Waals surface area (Å²) in [4.78, 5) is 9.37. The highest BCUT2D eigenvalue weighted by Crippen LogP contribution is 2.01. The average molecular weight is 137 g/mol. The Hall–Kier alpha value is 0.300. The van der Waals surface area contributed by atoms with Crippen molar-refractivity contribution in [2.75, 3.05) is 11.5 Å². The lowest BCUT2D eigenvalue weighted by Crippen LogP contribution is -1.75. The van der Waals surface area contributed by atoms with E-state index in [9.17, 15) is 4.91 Å². The van der Waals surface area contributed by atoms with Crippen LogP contribution in [0.4, 0.5) is 0 Å². The van der Waals surface area contributed by atoms with E-state index in [0.29, 0.717) is 0 Å². The van der Waals surface area contributed by atoms with Gasteiger partial charge in [-0.25, -0.2) is 0 Å². The molecule has 0 radical (unpaired) electrons. The zero-order chi connectivity index (χ0) is 5.54. The molecule has 0 fully saturated rings. The molecule has 0 N–H and O–H groups in total. The highest BCUT2D eigenvalue weighted by Gasteiger charge is 1.81. The fourth-order valence-corrected chi connectivity index (χ4v) is 0.886. The molecule has 0 aromatic heterocycles. The number of hydrogen-bond acceptors (Lipinski definition) is 4. The summed E-state index contributed by atoms with van der Waals surface area (Å²) in [5.74, 6) is 1.63. The quantitative estimate of drug-likeness (QED) is 0.277. The molecule has 0 saturated carbocycles. The van der Waals surface area contributed by atoms with Gasteiger partial charge < -0.3 is 0 Å². The van der Waals surface area contributed by atoms with Gasteiger partial charge in [-0.15, -0.1) is 4.91 Å². The monoisotopic (exact) mass is 137 g/mol. The summed E-state index contributed by atoms with van der Waals surface area (Å²) in [5, 5.41) is 0. The van der Waals surface area contributed by atoms with Crippen LogP contribution >= 0.6 is 24.6 Å². The Kier molecular flexibility index (Phi) is 6.57. The minimum Gasteiger partial charge on any atom is -0.179 e. The van der Waals surface area contributed by atoms with E-state index in [1.165, 1.54) is 0 Å². The van der Waals surface area contributed by atoms with Crippen molar-refractivity contribution in [3.8, 4) is 0 Å². The van der Waals surface area contributed by atoms with Crippen LogP contribution in [0.15, 0.2) is 4.58 Å². The van der Waals surface area contributed by atoms with Crippen LogP contribution in [-0.4, -0.2) is 11.5 Å². The first-order valence-electron chi connectivity index (χ1n) is 1.97. The van der Waals surface area contributed by atoms with Crippen LogP contribution in [0, 0.1) is 4.91 Å². The number of nitrogens with zero attached hydrogens (tertiary/aromatic N) is 1. The molecule has 0 amide bonds. The number of hydrogen-bond donors (Lipinski definition) is 1. The van der Waals surface area contributed by atoms with Gasteiger partial charge in [-0.3, -0.25) is 0 Å². The fourth-order valence-electron chi connectivity index (χ4n) is 0.166. The summed E-state index contributed by atoms with van der Waals surface area (Å²) in [6, 6.07) is 0. The molecule has 0 aliphatic heterocycles. The lowest BCUT2D eigenvalue weighted by atomic mass is 10.6. The first-order chi connectivity index (χ1) is 3.41. The number of thiol groups is 1. The number of nitroso groups, excluding NO2 is 1. The van der Waals surface area contributed by atoms with Crippen LogP contribution in [0.1, 0.15) is 6.42 Å². The van der Waals surface area contributed by atoms with Crippen LogP contribution in [0.5, 0.6) is 0 Å². The molecule has 0 bridgehead atoms. The third-order valence-electron chi connectivity index (χ3n) is 0.446. The van der Waals surface area contributed by atoms with Gasteiger partial charge in [0.15, 0.2) is 0 Å². The van der Waals surface area contributed by atoms with E-state index < -0.39 is 0 Å². The predicted octanol–water partition coefficient (Wildman–Crippen LogP) is 1.72. The fraction of sp³-hybridized carbons (Fsp3) is 1.00. The Morgan fingerprint density at radius 1 is 1.71 bits per heavy atom. The van der Waals surface area contributed by atoms with E-state index in [2.05, 4.69) is 17.2 Å². The van der Waals surface area contributed by atoms with Gasteiger partial charge in [0.1, 0.15) is 0 Å². The summed E-state index contributed by atoms with van der Waals surface area (Å²) < 4.78 is 2.61. The standard InChI is InChI=1S/C3H7NOS2/c5-4-7-3-1-2-6/h6H,1-3H2. The van der Waals surface area contributed by atoms with Gasteiger partial charge in [0, 0.05) is 22.3 Å². The smallest absolute Gasteiger partial charge is 0.0203 e. The maximum atomic E-state index is 9.37. The van der Waals surface area contributed by atoms with E-state index in [1.54, 1.807) is 0 Å². The van der Waals surface area contributed by atoms with E-state index in [0.717, 1.165) is 29.9 Å². The summed E-state index contributed by atoms with van der Waals surface area (Å²) >= 11 is 4.99. The molecule has 0 spiro atoms. The van der Waals surface area contributed by atoms with Crippen molar-refractivity contribution in [2.45, 2.75) is 6.42 Å². The summed E-state index contributed by atoms with van der Waals surface area (Å²) in [7, 11) is 0. The normalized spacial score (nSPS) is 8.71. The second-order valence-electron chi connectivity index (χ2n) is 0.985. The van der Waals surface area contributed by atoms with Crippen LogP contribution in [0.25, 0.3) is 0 Å². The lowest BCUT2D eigenvalue weighted by molar-refractivity contribution is 1.13. The van der Waals surface area contributed by atoms with Gasteiger partial charge in [0.2, 0.25) is 0 Å². The number of rotatable bonds is 4. The Morgan fingerprint density at radius 3 is 2.86 bits per heavy atom. The molecule has 0 aliphatic carbocycles. The van der Waals surface area contributed by atoms with Crippen molar-refractivity contribution >= 4 is 24.6 Å². The van der Waals surface area contributed by atoms with Gasteiger partial charge in [-0.05, 0) is 12.2 Å². The lowest BCUT2D eigenvalue weighted by Gasteiger charge is -1.83. The summed E-state index contributed by atoms with van der Waals surface area (Å²) in [6.45, 7) is 0. The highest BCUT2D eigenvalue weighted by molar-refractivity contribution is 7.97. The molecule has 0 unspecified atom stereocenters. The van der Waals surface area contributed by atoms with Gasteiger partial charge >= 0.3 is 0 Å². The molecule has 7 heavy (non-hydrogen) atoms. The van der Waals surface area contributed by atoms with Crippen molar-refractivity contribution in [3.63, 3.8) is 0 Å². The van der Waals surface area contributed by atoms with Gasteiger partial charge in [0.05, 0.1) is 0 Å². The Morgan fingerprint density at radius 2 is 2.43 bits per heavy atom. The third-order valence-corrected chi connectivity index (χ3v) is 1.34. The summed E-state index contributed by atoms with van der Waals surface area (Å²) in [5.41, 5.74) is 0. The largest absolute Gasteiger partial charge is 0.179 e. The maximum Gasteiger partial charge on any atom is 0.0203 e. The van der Waals surface area contributed by atoms with E-state index in [1.807, 2.05) is 0 Å². The molecule has 2 nitrogen and oxygen atoms in total. The molecule has 0 aromatic rings. The third kappa shape index (κ3) is 6.30. The Balaban J connectivity index is 2.56. The molecule has 4 heteroatoms. The molecule has 0 aliphatic rings. The minimum atomic E-state index is 0.799. The Labute approximate surface area is 52.6 Å². The molecular weight excluding hydrogens is 130 g/mol. The molecular formula is C3H7NOS2. The van der Waals surface area contributed by atoms with Crippen LogP contribution < -0.4 is 0 Å². The van der Waals surface area contributed by atoms with Gasteiger partial charge in [0.25, 0.3) is 0 Å². The second kappa shape index (κ2) is 6.30. The predicted molar refractivity (Wildman–Crippen MR) is 36.7 cm³/mol. The molecule has 0 heterocycles. The van der Waals surface area contributed by atoms with E-state index in [-0.39, 0.29) is 0 Å². The average Bonchev–Trinajstić information content (AvgIpc) is 1.69. The van der Waals surface area contributed by atoms with Crippen LogP contribution in [0.3, 0.4) is 0 Å². The van der Waals surface area contributed by atoms with E-state index in [4.69, 9.17) is 0 Å². The van der Waals surface area contributed by atoms with Crippen LogP contribution in [0.2, 0.25) is 0 Å². The zero-order valence-corrected chi connectivity index (χ0v) is 5.54. The topological polar surface area (TPSA) is 29.4 Å². The minimum absolute atomic E-state index is 0.799.